The van der Waals surface area contributed by atoms with Gasteiger partial charge < -0.3 is 4.74 Å². The molecule has 0 amide bonds. The highest BCUT2D eigenvalue weighted by Gasteiger charge is 2.11. The molecule has 0 bridgehead atoms. The highest BCUT2D eigenvalue weighted by Crippen LogP contribution is 2.28. The summed E-state index contributed by atoms with van der Waals surface area (Å²) in [5.41, 5.74) is 1.11. The minimum absolute atomic E-state index is 0.0130. The lowest BCUT2D eigenvalue weighted by Crippen LogP contribution is -1.94. The molecule has 0 N–H and O–H groups in total. The highest BCUT2D eigenvalue weighted by atomic mass is 19.1. The number of carbonyl (C=O) groups is 2. The fourth-order valence-electron chi connectivity index (χ4n) is 1.86. The molecule has 0 aliphatic heterocycles. The SMILES string of the molecule is COc1ccc(-c2cccc(C=O)c2F)cc1C=O. The lowest BCUT2D eigenvalue weighted by molar-refractivity contribution is 0.111. The van der Waals surface area contributed by atoms with Crippen molar-refractivity contribution in [3.8, 4) is 16.9 Å². The number of methoxy groups -OCH3 is 1. The fraction of sp³-hybridized carbons (Fsp3) is 0.0667. The van der Waals surface area contributed by atoms with Gasteiger partial charge in [-0.2, -0.15) is 0 Å². The summed E-state index contributed by atoms with van der Waals surface area (Å²) in [4.78, 5) is 21.7. The second-order valence-corrected chi connectivity index (χ2v) is 3.90. The third-order valence-corrected chi connectivity index (χ3v) is 2.82. The Morgan fingerprint density at radius 3 is 2.42 bits per heavy atom. The maximum Gasteiger partial charge on any atom is 0.153 e. The molecule has 2 rings (SSSR count). The first kappa shape index (κ1) is 13.0. The third-order valence-electron chi connectivity index (χ3n) is 2.82. The topological polar surface area (TPSA) is 43.4 Å². The van der Waals surface area contributed by atoms with Crippen molar-refractivity contribution in [3.63, 3.8) is 0 Å². The zero-order chi connectivity index (χ0) is 13.8. The molecule has 3 nitrogen and oxygen atoms in total. The van der Waals surface area contributed by atoms with Gasteiger partial charge in [0.1, 0.15) is 11.6 Å². The van der Waals surface area contributed by atoms with Crippen molar-refractivity contribution in [2.24, 2.45) is 0 Å². The molecule has 0 atom stereocenters. The van der Waals surface area contributed by atoms with Crippen LogP contribution in [-0.4, -0.2) is 19.7 Å². The van der Waals surface area contributed by atoms with Crippen LogP contribution in [-0.2, 0) is 0 Å². The Morgan fingerprint density at radius 1 is 1.05 bits per heavy atom. The van der Waals surface area contributed by atoms with Crippen LogP contribution in [0.4, 0.5) is 4.39 Å². The molecule has 0 saturated heterocycles. The van der Waals surface area contributed by atoms with E-state index < -0.39 is 5.82 Å². The normalized spacial score (nSPS) is 10.0. The van der Waals surface area contributed by atoms with Crippen LogP contribution in [0.5, 0.6) is 5.75 Å². The average molecular weight is 258 g/mol. The molecule has 2 aromatic carbocycles. The van der Waals surface area contributed by atoms with Gasteiger partial charge in [0.2, 0.25) is 0 Å². The standard InChI is InChI=1S/C15H11FO3/c1-19-14-6-5-10(7-12(14)9-18)13-4-2-3-11(8-17)15(13)16/h2-9H,1H3. The van der Waals surface area contributed by atoms with E-state index in [-0.39, 0.29) is 11.1 Å². The second kappa shape index (κ2) is 5.44. The van der Waals surface area contributed by atoms with Crippen LogP contribution in [0.2, 0.25) is 0 Å². The molecule has 0 aromatic heterocycles. The zero-order valence-corrected chi connectivity index (χ0v) is 10.2. The van der Waals surface area contributed by atoms with Gasteiger partial charge in [-0.25, -0.2) is 4.39 Å². The third kappa shape index (κ3) is 2.38. The Bertz CT molecular complexity index is 635. The zero-order valence-electron chi connectivity index (χ0n) is 10.2. The fourth-order valence-corrected chi connectivity index (χ4v) is 1.86. The molecule has 0 spiro atoms. The quantitative estimate of drug-likeness (QED) is 0.791. The summed E-state index contributed by atoms with van der Waals surface area (Å²) in [6.07, 6.45) is 1.10. The Morgan fingerprint density at radius 2 is 1.79 bits per heavy atom. The Kier molecular flexibility index (Phi) is 3.71. The largest absolute Gasteiger partial charge is 0.496 e. The summed E-state index contributed by atoms with van der Waals surface area (Å²) in [5, 5.41) is 0. The van der Waals surface area contributed by atoms with Crippen molar-refractivity contribution in [3.05, 3.63) is 53.3 Å². The summed E-state index contributed by atoms with van der Waals surface area (Å²) >= 11 is 0. The lowest BCUT2D eigenvalue weighted by Gasteiger charge is -2.08. The number of hydrogen-bond acceptors (Lipinski definition) is 3. The van der Waals surface area contributed by atoms with Gasteiger partial charge >= 0.3 is 0 Å². The van der Waals surface area contributed by atoms with Gasteiger partial charge in [0, 0.05) is 5.56 Å². The van der Waals surface area contributed by atoms with E-state index >= 15 is 0 Å². The summed E-state index contributed by atoms with van der Waals surface area (Å²) in [5.74, 6) is -0.176. The van der Waals surface area contributed by atoms with Crippen LogP contribution >= 0.6 is 0 Å². The number of hydrogen-bond donors (Lipinski definition) is 0. The first-order chi connectivity index (χ1) is 9.21. The van der Waals surface area contributed by atoms with Crippen LogP contribution in [0.3, 0.4) is 0 Å². The number of benzene rings is 2. The minimum atomic E-state index is -0.598. The van der Waals surface area contributed by atoms with Crippen LogP contribution in [0, 0.1) is 5.82 Å². The van der Waals surface area contributed by atoms with E-state index in [0.29, 0.717) is 29.4 Å². The van der Waals surface area contributed by atoms with E-state index in [1.807, 2.05) is 0 Å². The minimum Gasteiger partial charge on any atom is -0.496 e. The molecule has 0 fully saturated rings. The second-order valence-electron chi connectivity index (χ2n) is 3.90. The Hall–Kier alpha value is -2.49. The van der Waals surface area contributed by atoms with E-state index in [4.69, 9.17) is 4.74 Å². The van der Waals surface area contributed by atoms with Gasteiger partial charge in [0.15, 0.2) is 12.6 Å². The molecule has 0 aliphatic rings. The molecule has 0 aliphatic carbocycles. The Balaban J connectivity index is 2.59. The molecular formula is C15H11FO3. The molecule has 0 radical (unpaired) electrons. The summed E-state index contributed by atoms with van der Waals surface area (Å²) < 4.78 is 19.0. The molecule has 0 heterocycles. The molecule has 4 heteroatoms. The summed E-state index contributed by atoms with van der Waals surface area (Å²) in [6.45, 7) is 0. The molecule has 0 unspecified atom stereocenters. The predicted octanol–water partition coefficient (Wildman–Crippen LogP) is 3.13. The van der Waals surface area contributed by atoms with Gasteiger partial charge in [0.05, 0.1) is 18.2 Å². The summed E-state index contributed by atoms with van der Waals surface area (Å²) in [7, 11) is 1.45. The van der Waals surface area contributed by atoms with Gasteiger partial charge in [-0.15, -0.1) is 0 Å². The first-order valence-electron chi connectivity index (χ1n) is 5.58. The average Bonchev–Trinajstić information content (AvgIpc) is 2.46. The molecule has 96 valence electrons. The van der Waals surface area contributed by atoms with Crippen molar-refractivity contribution in [2.45, 2.75) is 0 Å². The van der Waals surface area contributed by atoms with Gasteiger partial charge in [-0.3, -0.25) is 9.59 Å². The number of carbonyl (C=O) groups excluding carboxylic acids is 2. The molecular weight excluding hydrogens is 247 g/mol. The van der Waals surface area contributed by atoms with Gasteiger partial charge in [-0.1, -0.05) is 18.2 Å². The van der Waals surface area contributed by atoms with Crippen LogP contribution in [0.1, 0.15) is 20.7 Å². The maximum atomic E-state index is 14.0. The molecule has 19 heavy (non-hydrogen) atoms. The van der Waals surface area contributed by atoms with E-state index in [9.17, 15) is 14.0 Å². The Labute approximate surface area is 109 Å². The highest BCUT2D eigenvalue weighted by molar-refractivity contribution is 5.84. The van der Waals surface area contributed by atoms with Gasteiger partial charge in [-0.05, 0) is 23.8 Å². The predicted molar refractivity (Wildman–Crippen MR) is 69.2 cm³/mol. The van der Waals surface area contributed by atoms with Crippen molar-refractivity contribution in [1.29, 1.82) is 0 Å². The van der Waals surface area contributed by atoms with Crippen molar-refractivity contribution in [1.82, 2.24) is 0 Å². The van der Waals surface area contributed by atoms with E-state index in [1.165, 1.54) is 19.2 Å². The van der Waals surface area contributed by atoms with Crippen molar-refractivity contribution in [2.75, 3.05) is 7.11 Å². The van der Waals surface area contributed by atoms with E-state index in [1.54, 1.807) is 24.3 Å². The molecule has 2 aromatic rings. The smallest absolute Gasteiger partial charge is 0.153 e. The van der Waals surface area contributed by atoms with E-state index in [0.717, 1.165) is 0 Å². The number of aldehydes is 2. The van der Waals surface area contributed by atoms with Crippen molar-refractivity contribution >= 4 is 12.6 Å². The lowest BCUT2D eigenvalue weighted by atomic mass is 10.0. The van der Waals surface area contributed by atoms with Gasteiger partial charge in [0.25, 0.3) is 0 Å². The van der Waals surface area contributed by atoms with Crippen LogP contribution in [0.15, 0.2) is 36.4 Å². The maximum absolute atomic E-state index is 14.0. The number of ether oxygens (including phenoxy) is 1. The number of halogens is 1. The van der Waals surface area contributed by atoms with E-state index in [2.05, 4.69) is 0 Å². The first-order valence-corrected chi connectivity index (χ1v) is 5.58. The molecule has 0 saturated carbocycles. The van der Waals surface area contributed by atoms with Crippen LogP contribution < -0.4 is 4.74 Å². The number of rotatable bonds is 4. The monoisotopic (exact) mass is 258 g/mol. The van der Waals surface area contributed by atoms with Crippen molar-refractivity contribution < 1.29 is 18.7 Å². The summed E-state index contributed by atoms with van der Waals surface area (Å²) in [6, 6.07) is 9.30. The van der Waals surface area contributed by atoms with Crippen LogP contribution in [0.25, 0.3) is 11.1 Å².